The van der Waals surface area contributed by atoms with Crippen LogP contribution in [-0.4, -0.2) is 13.2 Å². The van der Waals surface area contributed by atoms with E-state index in [0.29, 0.717) is 18.8 Å². The molecule has 1 aromatic rings. The Hall–Kier alpha value is -1.00. The van der Waals surface area contributed by atoms with E-state index in [2.05, 4.69) is 0 Å². The van der Waals surface area contributed by atoms with Gasteiger partial charge in [0.25, 0.3) is 0 Å². The molecule has 0 aliphatic carbocycles. The second-order valence-electron chi connectivity index (χ2n) is 4.25. The summed E-state index contributed by atoms with van der Waals surface area (Å²) in [6.45, 7) is 2.71. The van der Waals surface area contributed by atoms with Crippen molar-refractivity contribution in [2.45, 2.75) is 19.4 Å². The van der Waals surface area contributed by atoms with Crippen LogP contribution < -0.4 is 5.73 Å². The quantitative estimate of drug-likeness (QED) is 0.841. The minimum atomic E-state index is -0.820. The highest BCUT2D eigenvalue weighted by molar-refractivity contribution is 5.28. The van der Waals surface area contributed by atoms with Crippen molar-refractivity contribution < 1.29 is 13.5 Å². The average Bonchev–Trinajstić information content (AvgIpc) is 2.79. The van der Waals surface area contributed by atoms with E-state index in [4.69, 9.17) is 10.5 Å². The lowest BCUT2D eigenvalue weighted by atomic mass is 9.92. The first-order valence-electron chi connectivity index (χ1n) is 5.39. The van der Waals surface area contributed by atoms with E-state index in [-0.39, 0.29) is 11.5 Å². The highest BCUT2D eigenvalue weighted by Gasteiger charge is 2.27. The summed E-state index contributed by atoms with van der Waals surface area (Å²) in [7, 11) is 0. The average molecular weight is 227 g/mol. The fourth-order valence-corrected chi connectivity index (χ4v) is 2.01. The molecule has 88 valence electrons. The molecule has 2 N–H and O–H groups in total. The Kier molecular flexibility index (Phi) is 3.21. The van der Waals surface area contributed by atoms with Crippen molar-refractivity contribution >= 4 is 0 Å². The van der Waals surface area contributed by atoms with Gasteiger partial charge in [-0.25, -0.2) is 8.78 Å². The first-order chi connectivity index (χ1) is 7.61. The second kappa shape index (κ2) is 4.47. The second-order valence-corrected chi connectivity index (χ2v) is 4.25. The number of benzene rings is 1. The summed E-state index contributed by atoms with van der Waals surface area (Å²) in [6.07, 6.45) is 0.802. The molecule has 1 fully saturated rings. The van der Waals surface area contributed by atoms with Crippen molar-refractivity contribution in [1.82, 2.24) is 0 Å². The summed E-state index contributed by atoms with van der Waals surface area (Å²) in [4.78, 5) is 0. The predicted octanol–water partition coefficient (Wildman–Crippen LogP) is 2.31. The number of ether oxygens (including phenoxy) is 1. The largest absolute Gasteiger partial charge is 0.381 e. The number of hydrogen-bond acceptors (Lipinski definition) is 2. The topological polar surface area (TPSA) is 35.2 Å². The Morgan fingerprint density at radius 3 is 2.75 bits per heavy atom. The molecule has 1 saturated heterocycles. The van der Waals surface area contributed by atoms with Crippen LogP contribution >= 0.6 is 0 Å². The molecule has 2 atom stereocenters. The van der Waals surface area contributed by atoms with E-state index in [0.717, 1.165) is 6.42 Å². The van der Waals surface area contributed by atoms with Gasteiger partial charge < -0.3 is 10.5 Å². The maximum atomic E-state index is 13.7. The molecule has 1 aromatic carbocycles. The van der Waals surface area contributed by atoms with Gasteiger partial charge in [-0.2, -0.15) is 0 Å². The van der Waals surface area contributed by atoms with Gasteiger partial charge in [0.05, 0.1) is 6.61 Å². The van der Waals surface area contributed by atoms with E-state index in [1.54, 1.807) is 12.1 Å². The monoisotopic (exact) mass is 227 g/mol. The van der Waals surface area contributed by atoms with Crippen LogP contribution in [-0.2, 0) is 4.74 Å². The van der Waals surface area contributed by atoms with Gasteiger partial charge in [-0.3, -0.25) is 0 Å². The summed E-state index contributed by atoms with van der Waals surface area (Å²) in [5.41, 5.74) is 6.48. The van der Waals surface area contributed by atoms with Gasteiger partial charge in [-0.05, 0) is 18.9 Å². The molecule has 0 saturated carbocycles. The minimum absolute atomic E-state index is 0.0802. The van der Waals surface area contributed by atoms with Crippen molar-refractivity contribution in [1.29, 1.82) is 0 Å². The fraction of sp³-hybridized carbons (Fsp3) is 0.500. The van der Waals surface area contributed by atoms with Crippen LogP contribution in [0.3, 0.4) is 0 Å². The summed E-state index contributed by atoms with van der Waals surface area (Å²) in [5, 5.41) is 0. The van der Waals surface area contributed by atoms with Gasteiger partial charge in [0, 0.05) is 24.1 Å². The van der Waals surface area contributed by atoms with E-state index >= 15 is 0 Å². The molecule has 0 bridgehead atoms. The molecule has 1 aliphatic heterocycles. The van der Waals surface area contributed by atoms with E-state index in [9.17, 15) is 8.78 Å². The molecular weight excluding hydrogens is 212 g/mol. The van der Waals surface area contributed by atoms with Crippen LogP contribution in [0.2, 0.25) is 0 Å². The SMILES string of the molecule is Cc1ccc(C(N)C2CCOC2)c(F)c1F. The highest BCUT2D eigenvalue weighted by atomic mass is 19.2. The van der Waals surface area contributed by atoms with Crippen LogP contribution in [0.25, 0.3) is 0 Å². The van der Waals surface area contributed by atoms with Crippen molar-refractivity contribution in [3.05, 3.63) is 34.9 Å². The maximum absolute atomic E-state index is 13.7. The molecule has 0 aromatic heterocycles. The highest BCUT2D eigenvalue weighted by Crippen LogP contribution is 2.29. The third-order valence-corrected chi connectivity index (χ3v) is 3.14. The smallest absolute Gasteiger partial charge is 0.163 e. The third-order valence-electron chi connectivity index (χ3n) is 3.14. The van der Waals surface area contributed by atoms with Crippen molar-refractivity contribution in [3.8, 4) is 0 Å². The molecular formula is C12H15F2NO. The number of halogens is 2. The zero-order valence-electron chi connectivity index (χ0n) is 9.17. The van der Waals surface area contributed by atoms with Crippen molar-refractivity contribution in [2.24, 2.45) is 11.7 Å². The van der Waals surface area contributed by atoms with E-state index in [1.807, 2.05) is 0 Å². The molecule has 2 unspecified atom stereocenters. The van der Waals surface area contributed by atoms with Crippen LogP contribution in [0, 0.1) is 24.5 Å². The Bertz CT molecular complexity index is 389. The zero-order chi connectivity index (χ0) is 11.7. The van der Waals surface area contributed by atoms with Gasteiger partial charge in [0.15, 0.2) is 11.6 Å². The molecule has 1 heterocycles. The standard InChI is InChI=1S/C12H15F2NO/c1-7-2-3-9(11(14)10(7)13)12(15)8-4-5-16-6-8/h2-3,8,12H,4-6,15H2,1H3. The maximum Gasteiger partial charge on any atom is 0.163 e. The Morgan fingerprint density at radius 2 is 2.12 bits per heavy atom. The first kappa shape index (κ1) is 11.5. The predicted molar refractivity (Wildman–Crippen MR) is 56.9 cm³/mol. The first-order valence-corrected chi connectivity index (χ1v) is 5.39. The Balaban J connectivity index is 2.29. The lowest BCUT2D eigenvalue weighted by Gasteiger charge is -2.19. The minimum Gasteiger partial charge on any atom is -0.381 e. The molecule has 0 radical (unpaired) electrons. The zero-order valence-corrected chi connectivity index (χ0v) is 9.17. The number of rotatable bonds is 2. The van der Waals surface area contributed by atoms with Gasteiger partial charge >= 0.3 is 0 Å². The Labute approximate surface area is 93.4 Å². The number of aryl methyl sites for hydroxylation is 1. The van der Waals surface area contributed by atoms with Crippen LogP contribution in [0.15, 0.2) is 12.1 Å². The summed E-state index contributed by atoms with van der Waals surface area (Å²) in [6, 6.07) is 2.64. The van der Waals surface area contributed by atoms with Crippen LogP contribution in [0.4, 0.5) is 8.78 Å². The lowest BCUT2D eigenvalue weighted by molar-refractivity contribution is 0.180. The molecule has 4 heteroatoms. The molecule has 0 spiro atoms. The van der Waals surface area contributed by atoms with E-state index in [1.165, 1.54) is 6.92 Å². The third kappa shape index (κ3) is 1.95. The number of nitrogens with two attached hydrogens (primary N) is 1. The molecule has 16 heavy (non-hydrogen) atoms. The van der Waals surface area contributed by atoms with Gasteiger partial charge in [0.2, 0.25) is 0 Å². The van der Waals surface area contributed by atoms with Crippen molar-refractivity contribution in [2.75, 3.05) is 13.2 Å². The van der Waals surface area contributed by atoms with Crippen LogP contribution in [0.5, 0.6) is 0 Å². The summed E-state index contributed by atoms with van der Waals surface area (Å²) >= 11 is 0. The van der Waals surface area contributed by atoms with Gasteiger partial charge in [-0.15, -0.1) is 0 Å². The van der Waals surface area contributed by atoms with Crippen molar-refractivity contribution in [3.63, 3.8) is 0 Å². The molecule has 2 nitrogen and oxygen atoms in total. The number of hydrogen-bond donors (Lipinski definition) is 1. The Morgan fingerprint density at radius 1 is 1.38 bits per heavy atom. The fourth-order valence-electron chi connectivity index (χ4n) is 2.01. The lowest BCUT2D eigenvalue weighted by Crippen LogP contribution is -2.23. The normalized spacial score (nSPS) is 22.4. The molecule has 2 rings (SSSR count). The van der Waals surface area contributed by atoms with Gasteiger partial charge in [-0.1, -0.05) is 12.1 Å². The molecule has 1 aliphatic rings. The summed E-state index contributed by atoms with van der Waals surface area (Å²) < 4.78 is 32.2. The van der Waals surface area contributed by atoms with Crippen LogP contribution in [0.1, 0.15) is 23.6 Å². The van der Waals surface area contributed by atoms with Gasteiger partial charge in [0.1, 0.15) is 0 Å². The summed E-state index contributed by atoms with van der Waals surface area (Å²) in [5.74, 6) is -1.54. The van der Waals surface area contributed by atoms with E-state index < -0.39 is 17.7 Å². The molecule has 0 amide bonds.